The third-order valence-corrected chi connectivity index (χ3v) is 3.12. The first-order valence-electron chi connectivity index (χ1n) is 6.68. The maximum atomic E-state index is 12.3. The summed E-state index contributed by atoms with van der Waals surface area (Å²) in [6.45, 7) is 6.45. The van der Waals surface area contributed by atoms with E-state index < -0.39 is 5.54 Å². The van der Waals surface area contributed by atoms with E-state index in [1.54, 1.807) is 12.5 Å². The SMILES string of the molecule is CCNC(C)(C)C(=O)Nc1ccccc1-n1ccnc1. The minimum Gasteiger partial charge on any atom is -0.323 e. The Bertz CT molecular complexity index is 575. The molecule has 5 heteroatoms. The number of nitrogens with one attached hydrogen (secondary N) is 2. The maximum absolute atomic E-state index is 12.3. The summed E-state index contributed by atoms with van der Waals surface area (Å²) in [4.78, 5) is 16.4. The summed E-state index contributed by atoms with van der Waals surface area (Å²) in [5.41, 5.74) is 1.05. The van der Waals surface area contributed by atoms with Gasteiger partial charge in [-0.15, -0.1) is 0 Å². The van der Waals surface area contributed by atoms with E-state index >= 15 is 0 Å². The second kappa shape index (κ2) is 5.88. The topological polar surface area (TPSA) is 59.0 Å². The van der Waals surface area contributed by atoms with Gasteiger partial charge < -0.3 is 15.2 Å². The fourth-order valence-corrected chi connectivity index (χ4v) is 2.01. The van der Waals surface area contributed by atoms with Crippen molar-refractivity contribution < 1.29 is 4.79 Å². The van der Waals surface area contributed by atoms with Crippen LogP contribution >= 0.6 is 0 Å². The summed E-state index contributed by atoms with van der Waals surface area (Å²) in [5.74, 6) is -0.0630. The summed E-state index contributed by atoms with van der Waals surface area (Å²) in [7, 11) is 0. The monoisotopic (exact) mass is 272 g/mol. The molecule has 5 nitrogen and oxygen atoms in total. The number of carbonyl (C=O) groups excluding carboxylic acids is 1. The average Bonchev–Trinajstić information content (AvgIpc) is 2.93. The van der Waals surface area contributed by atoms with E-state index in [9.17, 15) is 4.79 Å². The number of aromatic nitrogens is 2. The lowest BCUT2D eigenvalue weighted by Crippen LogP contribution is -2.49. The Balaban J connectivity index is 2.25. The van der Waals surface area contributed by atoms with Crippen molar-refractivity contribution >= 4 is 11.6 Å². The van der Waals surface area contributed by atoms with Gasteiger partial charge in [0.2, 0.25) is 5.91 Å². The Labute approximate surface area is 119 Å². The quantitative estimate of drug-likeness (QED) is 0.877. The molecule has 1 aromatic carbocycles. The lowest BCUT2D eigenvalue weighted by molar-refractivity contribution is -0.121. The summed E-state index contributed by atoms with van der Waals surface area (Å²) in [6, 6.07) is 7.66. The number of imidazole rings is 1. The molecule has 0 fully saturated rings. The normalized spacial score (nSPS) is 11.3. The Morgan fingerprint density at radius 1 is 1.35 bits per heavy atom. The van der Waals surface area contributed by atoms with Crippen LogP contribution in [0.3, 0.4) is 0 Å². The lowest BCUT2D eigenvalue weighted by Gasteiger charge is -2.25. The van der Waals surface area contributed by atoms with Crippen molar-refractivity contribution in [1.82, 2.24) is 14.9 Å². The molecule has 0 aliphatic heterocycles. The highest BCUT2D eigenvalue weighted by Gasteiger charge is 2.26. The molecule has 0 saturated carbocycles. The van der Waals surface area contributed by atoms with E-state index in [2.05, 4.69) is 15.6 Å². The minimum atomic E-state index is -0.614. The molecule has 0 saturated heterocycles. The predicted molar refractivity (Wildman–Crippen MR) is 79.9 cm³/mol. The summed E-state index contributed by atoms with van der Waals surface area (Å²) < 4.78 is 1.87. The predicted octanol–water partition coefficient (Wildman–Crippen LogP) is 2.20. The molecule has 106 valence electrons. The van der Waals surface area contributed by atoms with Crippen LogP contribution in [0.1, 0.15) is 20.8 Å². The molecule has 1 amide bonds. The standard InChI is InChI=1S/C15H20N4O/c1-4-17-15(2,3)14(20)18-12-7-5-6-8-13(12)19-10-9-16-11-19/h5-11,17H,4H2,1-3H3,(H,18,20). The zero-order valence-electron chi connectivity index (χ0n) is 12.1. The van der Waals surface area contributed by atoms with Crippen LogP contribution in [0.5, 0.6) is 0 Å². The van der Waals surface area contributed by atoms with Gasteiger partial charge in [0.1, 0.15) is 0 Å². The summed E-state index contributed by atoms with van der Waals surface area (Å²) in [5, 5.41) is 6.14. The van der Waals surface area contributed by atoms with Crippen LogP contribution in [-0.2, 0) is 4.79 Å². The molecule has 0 atom stereocenters. The smallest absolute Gasteiger partial charge is 0.244 e. The van der Waals surface area contributed by atoms with Crippen LogP contribution in [0.15, 0.2) is 43.0 Å². The van der Waals surface area contributed by atoms with Crippen molar-refractivity contribution in [2.24, 2.45) is 0 Å². The molecule has 20 heavy (non-hydrogen) atoms. The van der Waals surface area contributed by atoms with Gasteiger partial charge in [-0.05, 0) is 32.5 Å². The van der Waals surface area contributed by atoms with Crippen molar-refractivity contribution in [3.05, 3.63) is 43.0 Å². The largest absolute Gasteiger partial charge is 0.323 e. The van der Waals surface area contributed by atoms with Crippen LogP contribution in [0.2, 0.25) is 0 Å². The van der Waals surface area contributed by atoms with Gasteiger partial charge in [-0.1, -0.05) is 19.1 Å². The molecule has 0 aliphatic carbocycles. The molecule has 0 radical (unpaired) electrons. The lowest BCUT2D eigenvalue weighted by atomic mass is 10.0. The Kier molecular flexibility index (Phi) is 4.20. The zero-order valence-corrected chi connectivity index (χ0v) is 12.1. The van der Waals surface area contributed by atoms with E-state index in [1.165, 1.54) is 0 Å². The number of carbonyl (C=O) groups is 1. The summed E-state index contributed by atoms with van der Waals surface area (Å²) in [6.07, 6.45) is 5.27. The fraction of sp³-hybridized carbons (Fsp3) is 0.333. The summed E-state index contributed by atoms with van der Waals surface area (Å²) >= 11 is 0. The Morgan fingerprint density at radius 2 is 2.10 bits per heavy atom. The second-order valence-electron chi connectivity index (χ2n) is 5.10. The van der Waals surface area contributed by atoms with Crippen molar-refractivity contribution in [2.45, 2.75) is 26.3 Å². The van der Waals surface area contributed by atoms with Gasteiger partial charge in [0, 0.05) is 12.4 Å². The third kappa shape index (κ3) is 3.05. The number of benzene rings is 1. The van der Waals surface area contributed by atoms with Crippen LogP contribution in [0, 0.1) is 0 Å². The first kappa shape index (κ1) is 14.3. The van der Waals surface area contributed by atoms with E-state index in [-0.39, 0.29) is 5.91 Å². The van der Waals surface area contributed by atoms with E-state index in [0.717, 1.165) is 17.9 Å². The van der Waals surface area contributed by atoms with Gasteiger partial charge in [0.05, 0.1) is 23.2 Å². The third-order valence-electron chi connectivity index (χ3n) is 3.12. The second-order valence-corrected chi connectivity index (χ2v) is 5.10. The number of likely N-dealkylation sites (N-methyl/N-ethyl adjacent to an activating group) is 1. The van der Waals surface area contributed by atoms with Gasteiger partial charge in [0.15, 0.2) is 0 Å². The van der Waals surface area contributed by atoms with Gasteiger partial charge >= 0.3 is 0 Å². The number of anilines is 1. The first-order chi connectivity index (χ1) is 9.54. The van der Waals surface area contributed by atoms with Gasteiger partial charge in [0.25, 0.3) is 0 Å². The number of nitrogens with zero attached hydrogens (tertiary/aromatic N) is 2. The molecule has 1 heterocycles. The van der Waals surface area contributed by atoms with Crippen molar-refractivity contribution in [1.29, 1.82) is 0 Å². The molecule has 1 aromatic heterocycles. The maximum Gasteiger partial charge on any atom is 0.244 e. The minimum absolute atomic E-state index is 0.0630. The van der Waals surface area contributed by atoms with E-state index in [0.29, 0.717) is 0 Å². The number of para-hydroxylation sites is 2. The highest BCUT2D eigenvalue weighted by atomic mass is 16.2. The van der Waals surface area contributed by atoms with Crippen LogP contribution in [-0.4, -0.2) is 27.5 Å². The van der Waals surface area contributed by atoms with Crippen LogP contribution < -0.4 is 10.6 Å². The molecule has 0 spiro atoms. The molecule has 2 rings (SSSR count). The molecule has 0 unspecified atom stereocenters. The van der Waals surface area contributed by atoms with Gasteiger partial charge in [-0.3, -0.25) is 4.79 Å². The zero-order chi connectivity index (χ0) is 14.6. The highest BCUT2D eigenvalue weighted by Crippen LogP contribution is 2.20. The number of amides is 1. The number of hydrogen-bond donors (Lipinski definition) is 2. The number of hydrogen-bond acceptors (Lipinski definition) is 3. The first-order valence-corrected chi connectivity index (χ1v) is 6.68. The average molecular weight is 272 g/mol. The number of rotatable bonds is 5. The van der Waals surface area contributed by atoms with Crippen molar-refractivity contribution in [2.75, 3.05) is 11.9 Å². The fourth-order valence-electron chi connectivity index (χ4n) is 2.01. The molecule has 2 aromatic rings. The Morgan fingerprint density at radius 3 is 2.75 bits per heavy atom. The van der Waals surface area contributed by atoms with Crippen molar-refractivity contribution in [3.63, 3.8) is 0 Å². The highest BCUT2D eigenvalue weighted by molar-refractivity contribution is 5.99. The van der Waals surface area contributed by atoms with Crippen LogP contribution in [0.4, 0.5) is 5.69 Å². The van der Waals surface area contributed by atoms with Crippen LogP contribution in [0.25, 0.3) is 5.69 Å². The molecular weight excluding hydrogens is 252 g/mol. The van der Waals surface area contributed by atoms with Crippen molar-refractivity contribution in [3.8, 4) is 5.69 Å². The Hall–Kier alpha value is -2.14. The van der Waals surface area contributed by atoms with Gasteiger partial charge in [-0.2, -0.15) is 0 Å². The molecule has 0 aliphatic rings. The molecule has 2 N–H and O–H groups in total. The molecule has 0 bridgehead atoms. The van der Waals surface area contributed by atoms with Gasteiger partial charge in [-0.25, -0.2) is 4.98 Å². The van der Waals surface area contributed by atoms with E-state index in [1.807, 2.05) is 55.8 Å². The molecular formula is C15H20N4O. The van der Waals surface area contributed by atoms with E-state index in [4.69, 9.17) is 0 Å².